The van der Waals surface area contributed by atoms with Crippen molar-refractivity contribution in [3.05, 3.63) is 50.9 Å². The molecular formula is C17H24ClIN4S. The zero-order chi connectivity index (χ0) is 16.9. The van der Waals surface area contributed by atoms with Crippen molar-refractivity contribution >= 4 is 52.9 Å². The van der Waals surface area contributed by atoms with Gasteiger partial charge in [-0.25, -0.2) is 4.98 Å². The van der Waals surface area contributed by atoms with Crippen LogP contribution in [0.25, 0.3) is 0 Å². The normalized spacial score (nSPS) is 11.8. The highest BCUT2D eigenvalue weighted by Crippen LogP contribution is 2.24. The van der Waals surface area contributed by atoms with Crippen LogP contribution >= 0.6 is 46.9 Å². The Balaban J connectivity index is 0.00000288. The summed E-state index contributed by atoms with van der Waals surface area (Å²) in [6, 6.07) is 7.99. The lowest BCUT2D eigenvalue weighted by atomic mass is 9.84. The molecule has 0 unspecified atom stereocenters. The molecule has 2 aromatic rings. The van der Waals surface area contributed by atoms with Gasteiger partial charge in [-0.15, -0.1) is 35.3 Å². The Morgan fingerprint density at radius 1 is 1.33 bits per heavy atom. The summed E-state index contributed by atoms with van der Waals surface area (Å²) in [6.45, 7) is 7.85. The molecule has 0 fully saturated rings. The molecule has 4 nitrogen and oxygen atoms in total. The number of guanidine groups is 1. The van der Waals surface area contributed by atoms with E-state index in [1.54, 1.807) is 18.4 Å². The molecule has 0 aliphatic rings. The molecule has 1 aromatic carbocycles. The van der Waals surface area contributed by atoms with Gasteiger partial charge in [0.1, 0.15) is 5.01 Å². The molecule has 0 aliphatic heterocycles. The fourth-order valence-electron chi connectivity index (χ4n) is 2.18. The number of thiazole rings is 1. The molecule has 1 aromatic heterocycles. The van der Waals surface area contributed by atoms with Gasteiger partial charge in [0.2, 0.25) is 0 Å². The number of aliphatic imine (C=N–C) groups is 1. The monoisotopic (exact) mass is 478 g/mol. The fourth-order valence-corrected chi connectivity index (χ4v) is 3.10. The Bertz CT molecular complexity index is 685. The summed E-state index contributed by atoms with van der Waals surface area (Å²) in [6.07, 6.45) is 1.89. The highest BCUT2D eigenvalue weighted by molar-refractivity contribution is 14.0. The predicted octanol–water partition coefficient (Wildman–Crippen LogP) is 4.37. The van der Waals surface area contributed by atoms with Crippen LogP contribution in [0.4, 0.5) is 0 Å². The number of nitrogens with one attached hydrogen (secondary N) is 2. The second-order valence-corrected chi connectivity index (χ2v) is 7.79. The molecule has 0 aliphatic carbocycles. The molecule has 24 heavy (non-hydrogen) atoms. The summed E-state index contributed by atoms with van der Waals surface area (Å²) >= 11 is 7.79. The van der Waals surface area contributed by atoms with Crippen molar-refractivity contribution in [2.45, 2.75) is 32.7 Å². The van der Waals surface area contributed by atoms with E-state index < -0.39 is 0 Å². The number of rotatable bonds is 5. The minimum atomic E-state index is -0.0553. The molecule has 0 spiro atoms. The minimum absolute atomic E-state index is 0. The number of halogens is 2. The average molecular weight is 479 g/mol. The van der Waals surface area contributed by atoms with E-state index in [1.165, 1.54) is 10.4 Å². The third-order valence-electron chi connectivity index (χ3n) is 3.60. The topological polar surface area (TPSA) is 49.3 Å². The van der Waals surface area contributed by atoms with Gasteiger partial charge in [0.05, 0.1) is 6.54 Å². The second kappa shape index (κ2) is 9.58. The highest BCUT2D eigenvalue weighted by Gasteiger charge is 2.21. The van der Waals surface area contributed by atoms with Crippen LogP contribution in [0, 0.1) is 6.92 Å². The van der Waals surface area contributed by atoms with E-state index in [2.05, 4.69) is 47.4 Å². The quantitative estimate of drug-likeness (QED) is 0.381. The Labute approximate surface area is 170 Å². The summed E-state index contributed by atoms with van der Waals surface area (Å²) in [7, 11) is 1.77. The van der Waals surface area contributed by atoms with Gasteiger partial charge in [-0.1, -0.05) is 37.6 Å². The van der Waals surface area contributed by atoms with Crippen molar-refractivity contribution in [3.63, 3.8) is 0 Å². The first-order valence-electron chi connectivity index (χ1n) is 7.52. The van der Waals surface area contributed by atoms with Crippen molar-refractivity contribution in [3.8, 4) is 0 Å². The van der Waals surface area contributed by atoms with Gasteiger partial charge in [0.15, 0.2) is 5.96 Å². The second-order valence-electron chi connectivity index (χ2n) is 6.04. The lowest BCUT2D eigenvalue weighted by molar-refractivity contribution is 0.508. The molecular weight excluding hydrogens is 455 g/mol. The maximum absolute atomic E-state index is 6.10. The first kappa shape index (κ1) is 21.2. The van der Waals surface area contributed by atoms with Gasteiger partial charge in [0.25, 0.3) is 0 Å². The van der Waals surface area contributed by atoms with E-state index in [1.807, 2.05) is 24.4 Å². The van der Waals surface area contributed by atoms with E-state index in [0.29, 0.717) is 6.54 Å². The van der Waals surface area contributed by atoms with Gasteiger partial charge in [-0.05, 0) is 24.6 Å². The molecule has 0 atom stereocenters. The van der Waals surface area contributed by atoms with Crippen LogP contribution in [0.15, 0.2) is 35.5 Å². The van der Waals surface area contributed by atoms with Gasteiger partial charge in [0, 0.05) is 35.1 Å². The molecule has 0 bridgehead atoms. The molecule has 0 amide bonds. The van der Waals surface area contributed by atoms with Gasteiger partial charge >= 0.3 is 0 Å². The number of hydrogen-bond donors (Lipinski definition) is 2. The first-order valence-corrected chi connectivity index (χ1v) is 8.72. The lowest BCUT2D eigenvalue weighted by Crippen LogP contribution is -2.43. The van der Waals surface area contributed by atoms with E-state index in [4.69, 9.17) is 11.6 Å². The third-order valence-corrected chi connectivity index (χ3v) is 4.75. The average Bonchev–Trinajstić information content (AvgIpc) is 2.93. The number of aromatic nitrogens is 1. The van der Waals surface area contributed by atoms with E-state index in [0.717, 1.165) is 22.5 Å². The smallest absolute Gasteiger partial charge is 0.191 e. The fraction of sp³-hybridized carbons (Fsp3) is 0.412. The SMILES string of the molecule is CN=C(NCc1ncc(C)s1)NCC(C)(C)c1cccc(Cl)c1.I. The van der Waals surface area contributed by atoms with Crippen molar-refractivity contribution in [1.82, 2.24) is 15.6 Å². The third kappa shape index (κ3) is 6.22. The Kier molecular flexibility index (Phi) is 8.45. The van der Waals surface area contributed by atoms with Gasteiger partial charge < -0.3 is 10.6 Å². The summed E-state index contributed by atoms with van der Waals surface area (Å²) in [5.41, 5.74) is 1.14. The van der Waals surface area contributed by atoms with Gasteiger partial charge in [-0.2, -0.15) is 0 Å². The van der Waals surface area contributed by atoms with E-state index >= 15 is 0 Å². The largest absolute Gasteiger partial charge is 0.356 e. The van der Waals surface area contributed by atoms with Gasteiger partial charge in [-0.3, -0.25) is 4.99 Å². The van der Waals surface area contributed by atoms with Crippen LogP contribution in [0.2, 0.25) is 5.02 Å². The Hall–Kier alpha value is -0.860. The predicted molar refractivity (Wildman–Crippen MR) is 115 cm³/mol. The minimum Gasteiger partial charge on any atom is -0.356 e. The molecule has 0 saturated heterocycles. The van der Waals surface area contributed by atoms with Crippen LogP contribution < -0.4 is 10.6 Å². The zero-order valence-corrected chi connectivity index (χ0v) is 18.3. The van der Waals surface area contributed by atoms with Crippen LogP contribution in [0.5, 0.6) is 0 Å². The first-order chi connectivity index (χ1) is 10.9. The zero-order valence-electron chi connectivity index (χ0n) is 14.4. The van der Waals surface area contributed by atoms with Crippen molar-refractivity contribution in [2.75, 3.05) is 13.6 Å². The van der Waals surface area contributed by atoms with Crippen LogP contribution in [0.3, 0.4) is 0 Å². The summed E-state index contributed by atoms with van der Waals surface area (Å²) in [5.74, 6) is 0.771. The number of hydrogen-bond acceptors (Lipinski definition) is 3. The van der Waals surface area contributed by atoms with Crippen molar-refractivity contribution in [1.29, 1.82) is 0 Å². The molecule has 7 heteroatoms. The Morgan fingerprint density at radius 3 is 2.67 bits per heavy atom. The summed E-state index contributed by atoms with van der Waals surface area (Å²) in [4.78, 5) is 9.83. The molecule has 0 saturated carbocycles. The maximum Gasteiger partial charge on any atom is 0.191 e. The number of aryl methyl sites for hydroxylation is 1. The van der Waals surface area contributed by atoms with Crippen molar-refractivity contribution < 1.29 is 0 Å². The van der Waals surface area contributed by atoms with Crippen LogP contribution in [-0.2, 0) is 12.0 Å². The highest BCUT2D eigenvalue weighted by atomic mass is 127. The number of benzene rings is 1. The van der Waals surface area contributed by atoms with Crippen molar-refractivity contribution in [2.24, 2.45) is 4.99 Å². The molecule has 1 heterocycles. The van der Waals surface area contributed by atoms with E-state index in [9.17, 15) is 0 Å². The van der Waals surface area contributed by atoms with E-state index in [-0.39, 0.29) is 29.4 Å². The maximum atomic E-state index is 6.10. The molecule has 2 N–H and O–H groups in total. The molecule has 132 valence electrons. The Morgan fingerprint density at radius 2 is 2.08 bits per heavy atom. The summed E-state index contributed by atoms with van der Waals surface area (Å²) in [5, 5.41) is 8.49. The lowest BCUT2D eigenvalue weighted by Gasteiger charge is -2.27. The molecule has 2 rings (SSSR count). The standard InChI is InChI=1S/C17H23ClN4S.HI/c1-12-9-20-15(23-12)10-21-16(19-4)22-11-17(2,3)13-6-5-7-14(18)8-13;/h5-9H,10-11H2,1-4H3,(H2,19,21,22);1H. The summed E-state index contributed by atoms with van der Waals surface area (Å²) < 4.78 is 0. The van der Waals surface area contributed by atoms with Crippen LogP contribution in [0.1, 0.15) is 29.3 Å². The molecule has 0 radical (unpaired) electrons. The van der Waals surface area contributed by atoms with Crippen LogP contribution in [-0.4, -0.2) is 24.5 Å². The number of nitrogens with zero attached hydrogens (tertiary/aromatic N) is 2.